The molecular weight excluding hydrogens is 220 g/mol. The third-order valence-electron chi connectivity index (χ3n) is 2.38. The van der Waals surface area contributed by atoms with Crippen molar-refractivity contribution in [1.29, 1.82) is 0 Å². The summed E-state index contributed by atoms with van der Waals surface area (Å²) in [6.07, 6.45) is 5.60. The van der Waals surface area contributed by atoms with Crippen LogP contribution in [-0.4, -0.2) is 41.1 Å². The maximum absolute atomic E-state index is 11.8. The van der Waals surface area contributed by atoms with Crippen molar-refractivity contribution in [2.24, 2.45) is 5.92 Å². The lowest BCUT2D eigenvalue weighted by atomic mass is 10.2. The molecule has 2 amide bonds. The molecule has 0 heterocycles. The third kappa shape index (κ3) is 5.81. The molecule has 0 saturated carbocycles. The molecule has 0 radical (unpaired) electrons. The first-order valence-corrected chi connectivity index (χ1v) is 5.64. The predicted octanol–water partition coefficient (Wildman–Crippen LogP) is 1.15. The van der Waals surface area contributed by atoms with Crippen LogP contribution in [0.4, 0.5) is 4.79 Å². The Bertz CT molecular complexity index is 309. The third-order valence-corrected chi connectivity index (χ3v) is 2.38. The minimum Gasteiger partial charge on any atom is -0.481 e. The van der Waals surface area contributed by atoms with E-state index in [-0.39, 0.29) is 18.6 Å². The Kier molecular flexibility index (Phi) is 6.80. The van der Waals surface area contributed by atoms with Gasteiger partial charge in [0.15, 0.2) is 0 Å². The lowest BCUT2D eigenvalue weighted by Gasteiger charge is -2.24. The summed E-state index contributed by atoms with van der Waals surface area (Å²) >= 11 is 0. The molecule has 17 heavy (non-hydrogen) atoms. The Morgan fingerprint density at radius 2 is 2.06 bits per heavy atom. The monoisotopic (exact) mass is 240 g/mol. The molecule has 96 valence electrons. The summed E-state index contributed by atoms with van der Waals surface area (Å²) in [6, 6.07) is -0.384. The van der Waals surface area contributed by atoms with E-state index >= 15 is 0 Å². The molecule has 0 aromatic heterocycles. The van der Waals surface area contributed by atoms with Crippen LogP contribution >= 0.6 is 0 Å². The van der Waals surface area contributed by atoms with Gasteiger partial charge >= 0.3 is 12.0 Å². The first-order chi connectivity index (χ1) is 7.92. The highest BCUT2D eigenvalue weighted by Gasteiger charge is 2.19. The zero-order chi connectivity index (χ0) is 13.4. The second-order valence-corrected chi connectivity index (χ2v) is 4.04. The molecule has 0 spiro atoms. The van der Waals surface area contributed by atoms with Crippen molar-refractivity contribution in [3.05, 3.63) is 0 Å². The highest BCUT2D eigenvalue weighted by molar-refractivity contribution is 5.76. The second-order valence-electron chi connectivity index (χ2n) is 4.04. The lowest BCUT2D eigenvalue weighted by molar-refractivity contribution is -0.141. The topological polar surface area (TPSA) is 69.6 Å². The van der Waals surface area contributed by atoms with Crippen LogP contribution in [0.1, 0.15) is 27.2 Å². The van der Waals surface area contributed by atoms with Gasteiger partial charge in [-0.05, 0) is 13.8 Å². The van der Waals surface area contributed by atoms with Gasteiger partial charge in [0.1, 0.15) is 0 Å². The van der Waals surface area contributed by atoms with Crippen LogP contribution in [-0.2, 0) is 4.79 Å². The summed E-state index contributed by atoms with van der Waals surface area (Å²) in [4.78, 5) is 23.9. The Morgan fingerprint density at radius 3 is 2.47 bits per heavy atom. The zero-order valence-electron chi connectivity index (χ0n) is 10.6. The number of rotatable bonds is 6. The number of nitrogens with zero attached hydrogens (tertiary/aromatic N) is 1. The van der Waals surface area contributed by atoms with Crippen LogP contribution in [0.25, 0.3) is 0 Å². The van der Waals surface area contributed by atoms with Crippen LogP contribution in [0, 0.1) is 18.3 Å². The van der Waals surface area contributed by atoms with Gasteiger partial charge in [-0.2, -0.15) is 0 Å². The standard InChI is InChI=1S/C12H20N2O3/c1-5-7-10(4)13-12(17)14(6-2)8-9(3)11(15)16/h1,9-10H,6-8H2,2-4H3,(H,13,17)(H,15,16). The number of carbonyl (C=O) groups excluding carboxylic acids is 1. The van der Waals surface area contributed by atoms with Gasteiger partial charge in [-0.25, -0.2) is 4.79 Å². The van der Waals surface area contributed by atoms with Crippen LogP contribution in [0.3, 0.4) is 0 Å². The summed E-state index contributed by atoms with van der Waals surface area (Å²) in [5.41, 5.74) is 0. The summed E-state index contributed by atoms with van der Waals surface area (Å²) in [5, 5.41) is 11.5. The number of aliphatic carboxylic acids is 1. The Morgan fingerprint density at radius 1 is 1.47 bits per heavy atom. The SMILES string of the molecule is C#CCC(C)NC(=O)N(CC)CC(C)C(=O)O. The first kappa shape index (κ1) is 15.3. The molecule has 2 N–H and O–H groups in total. The number of amides is 2. The van der Waals surface area contributed by atoms with Crippen LogP contribution < -0.4 is 5.32 Å². The molecule has 2 unspecified atom stereocenters. The number of terminal acetylenes is 1. The minimum atomic E-state index is -0.909. The van der Waals surface area contributed by atoms with Crippen LogP contribution in [0.15, 0.2) is 0 Å². The molecule has 0 aromatic carbocycles. The van der Waals surface area contributed by atoms with Gasteiger partial charge in [-0.15, -0.1) is 12.3 Å². The maximum Gasteiger partial charge on any atom is 0.317 e. The molecule has 0 aliphatic heterocycles. The Hall–Kier alpha value is -1.70. The molecule has 0 aliphatic rings. The molecule has 0 aliphatic carbocycles. The van der Waals surface area contributed by atoms with E-state index in [9.17, 15) is 9.59 Å². The Balaban J connectivity index is 4.31. The fraction of sp³-hybridized carbons (Fsp3) is 0.667. The van der Waals surface area contributed by atoms with E-state index in [4.69, 9.17) is 11.5 Å². The van der Waals surface area contributed by atoms with Gasteiger partial charge in [-0.1, -0.05) is 6.92 Å². The molecule has 5 heteroatoms. The van der Waals surface area contributed by atoms with E-state index in [1.165, 1.54) is 4.90 Å². The van der Waals surface area contributed by atoms with Gasteiger partial charge in [-0.3, -0.25) is 4.79 Å². The van der Waals surface area contributed by atoms with Gasteiger partial charge in [0.05, 0.1) is 5.92 Å². The second kappa shape index (κ2) is 7.55. The molecular formula is C12H20N2O3. The fourth-order valence-electron chi connectivity index (χ4n) is 1.29. The summed E-state index contributed by atoms with van der Waals surface area (Å²) in [6.45, 7) is 5.85. The van der Waals surface area contributed by atoms with Gasteiger partial charge in [0.25, 0.3) is 0 Å². The number of hydrogen-bond donors (Lipinski definition) is 2. The molecule has 0 saturated heterocycles. The number of urea groups is 1. The van der Waals surface area contributed by atoms with Crippen molar-refractivity contribution in [3.63, 3.8) is 0 Å². The summed E-state index contributed by atoms with van der Waals surface area (Å²) < 4.78 is 0. The van der Waals surface area contributed by atoms with Crippen LogP contribution in [0.2, 0.25) is 0 Å². The van der Waals surface area contributed by atoms with E-state index in [2.05, 4.69) is 11.2 Å². The van der Waals surface area contributed by atoms with E-state index in [1.54, 1.807) is 13.8 Å². The van der Waals surface area contributed by atoms with Gasteiger partial charge in [0.2, 0.25) is 0 Å². The molecule has 2 atom stereocenters. The van der Waals surface area contributed by atoms with Crippen molar-refractivity contribution < 1.29 is 14.7 Å². The predicted molar refractivity (Wildman–Crippen MR) is 65.5 cm³/mol. The van der Waals surface area contributed by atoms with E-state index in [0.29, 0.717) is 13.0 Å². The quantitative estimate of drug-likeness (QED) is 0.684. The average Bonchev–Trinajstić information content (AvgIpc) is 2.25. The van der Waals surface area contributed by atoms with E-state index < -0.39 is 11.9 Å². The maximum atomic E-state index is 11.8. The molecule has 0 rings (SSSR count). The van der Waals surface area contributed by atoms with Crippen molar-refractivity contribution in [2.75, 3.05) is 13.1 Å². The number of carbonyl (C=O) groups is 2. The highest BCUT2D eigenvalue weighted by atomic mass is 16.4. The molecule has 0 bridgehead atoms. The summed E-state index contributed by atoms with van der Waals surface area (Å²) in [7, 11) is 0. The van der Waals surface area contributed by atoms with Gasteiger partial charge < -0.3 is 15.3 Å². The number of carboxylic acids is 1. The van der Waals surface area contributed by atoms with Crippen molar-refractivity contribution >= 4 is 12.0 Å². The number of nitrogens with one attached hydrogen (secondary N) is 1. The number of carboxylic acid groups (broad SMARTS) is 1. The van der Waals surface area contributed by atoms with Gasteiger partial charge in [0, 0.05) is 25.6 Å². The highest BCUT2D eigenvalue weighted by Crippen LogP contribution is 2.01. The first-order valence-electron chi connectivity index (χ1n) is 5.64. The largest absolute Gasteiger partial charge is 0.481 e. The minimum absolute atomic E-state index is 0.110. The zero-order valence-corrected chi connectivity index (χ0v) is 10.6. The van der Waals surface area contributed by atoms with E-state index in [0.717, 1.165) is 0 Å². The van der Waals surface area contributed by atoms with Crippen molar-refractivity contribution in [1.82, 2.24) is 10.2 Å². The average molecular weight is 240 g/mol. The van der Waals surface area contributed by atoms with Crippen molar-refractivity contribution in [2.45, 2.75) is 33.2 Å². The van der Waals surface area contributed by atoms with E-state index in [1.807, 2.05) is 6.92 Å². The smallest absolute Gasteiger partial charge is 0.317 e. The molecule has 0 fully saturated rings. The normalized spacial score (nSPS) is 13.3. The number of hydrogen-bond acceptors (Lipinski definition) is 2. The molecule has 0 aromatic rings. The van der Waals surface area contributed by atoms with Crippen molar-refractivity contribution in [3.8, 4) is 12.3 Å². The lowest BCUT2D eigenvalue weighted by Crippen LogP contribution is -2.46. The molecule has 5 nitrogen and oxygen atoms in total. The summed E-state index contributed by atoms with van der Waals surface area (Å²) in [5.74, 6) is 0.972. The fourth-order valence-corrected chi connectivity index (χ4v) is 1.29. The van der Waals surface area contributed by atoms with Crippen LogP contribution in [0.5, 0.6) is 0 Å². The Labute approximate surface area is 102 Å².